The average molecular weight is 256 g/mol. The highest BCUT2D eigenvalue weighted by Crippen LogP contribution is 2.23. The highest BCUT2D eigenvalue weighted by Gasteiger charge is 2.24. The number of hydrogen-bond acceptors (Lipinski definition) is 4. The molecule has 4 heteroatoms. The zero-order valence-corrected chi connectivity index (χ0v) is 11.7. The zero-order chi connectivity index (χ0) is 12.8. The van der Waals surface area contributed by atoms with Gasteiger partial charge in [0.05, 0.1) is 19.3 Å². The fourth-order valence-corrected chi connectivity index (χ4v) is 3.22. The summed E-state index contributed by atoms with van der Waals surface area (Å²) in [5.41, 5.74) is 0. The van der Waals surface area contributed by atoms with Crippen molar-refractivity contribution in [3.05, 3.63) is 0 Å². The molecule has 1 atom stereocenters. The quantitative estimate of drug-likeness (QED) is 0.767. The summed E-state index contributed by atoms with van der Waals surface area (Å²) >= 11 is 0. The third-order valence-corrected chi connectivity index (χ3v) is 4.27. The predicted octanol–water partition coefficient (Wildman–Crippen LogP) is 0.944. The van der Waals surface area contributed by atoms with Gasteiger partial charge in [-0.3, -0.25) is 9.80 Å². The number of aliphatic hydroxyl groups is 1. The molecule has 0 radical (unpaired) electrons. The van der Waals surface area contributed by atoms with Gasteiger partial charge >= 0.3 is 0 Å². The summed E-state index contributed by atoms with van der Waals surface area (Å²) in [6.45, 7) is 8.45. The molecule has 1 saturated heterocycles. The number of nitrogens with zero attached hydrogens (tertiary/aromatic N) is 2. The van der Waals surface area contributed by atoms with Crippen LogP contribution in [0.4, 0.5) is 0 Å². The van der Waals surface area contributed by atoms with Gasteiger partial charge in [-0.25, -0.2) is 0 Å². The van der Waals surface area contributed by atoms with Gasteiger partial charge in [-0.2, -0.15) is 0 Å². The first-order chi connectivity index (χ1) is 8.79. The number of aliphatic hydroxyl groups excluding tert-OH is 1. The van der Waals surface area contributed by atoms with Crippen LogP contribution < -0.4 is 0 Å². The van der Waals surface area contributed by atoms with Crippen molar-refractivity contribution in [3.8, 4) is 0 Å². The molecule has 18 heavy (non-hydrogen) atoms. The number of morpholine rings is 1. The van der Waals surface area contributed by atoms with Crippen LogP contribution in [-0.2, 0) is 4.74 Å². The first kappa shape index (κ1) is 14.3. The largest absolute Gasteiger partial charge is 0.390 e. The molecule has 2 aliphatic rings. The number of likely N-dealkylation sites (N-methyl/N-ethyl adjacent to an activating group) is 1. The maximum Gasteiger partial charge on any atom is 0.0793 e. The molecule has 1 saturated carbocycles. The Balaban J connectivity index is 1.72. The Morgan fingerprint density at radius 1 is 1.28 bits per heavy atom. The van der Waals surface area contributed by atoms with Gasteiger partial charge in [-0.15, -0.1) is 0 Å². The van der Waals surface area contributed by atoms with Gasteiger partial charge in [0.2, 0.25) is 0 Å². The second-order valence-electron chi connectivity index (χ2n) is 5.59. The van der Waals surface area contributed by atoms with Crippen LogP contribution in [0.5, 0.6) is 0 Å². The van der Waals surface area contributed by atoms with Crippen LogP contribution in [0.2, 0.25) is 0 Å². The molecule has 0 aromatic rings. The highest BCUT2D eigenvalue weighted by atomic mass is 16.5. The first-order valence-corrected chi connectivity index (χ1v) is 7.51. The van der Waals surface area contributed by atoms with Crippen molar-refractivity contribution in [2.45, 2.75) is 44.8 Å². The smallest absolute Gasteiger partial charge is 0.0793 e. The molecule has 0 aromatic heterocycles. The highest BCUT2D eigenvalue weighted by molar-refractivity contribution is 4.79. The Labute approximate surface area is 111 Å². The summed E-state index contributed by atoms with van der Waals surface area (Å²) in [6.07, 6.45) is 5.14. The lowest BCUT2D eigenvalue weighted by atomic mass is 10.2. The second kappa shape index (κ2) is 7.43. The molecule has 0 spiro atoms. The van der Waals surface area contributed by atoms with Gasteiger partial charge in [-0.05, 0) is 19.4 Å². The molecule has 1 aliphatic carbocycles. The van der Waals surface area contributed by atoms with Crippen molar-refractivity contribution in [1.82, 2.24) is 9.80 Å². The van der Waals surface area contributed by atoms with Gasteiger partial charge in [0.1, 0.15) is 0 Å². The van der Waals surface area contributed by atoms with Gasteiger partial charge in [0.25, 0.3) is 0 Å². The van der Waals surface area contributed by atoms with Crippen LogP contribution in [0.3, 0.4) is 0 Å². The van der Waals surface area contributed by atoms with E-state index in [-0.39, 0.29) is 6.10 Å². The van der Waals surface area contributed by atoms with E-state index in [9.17, 15) is 5.11 Å². The van der Waals surface area contributed by atoms with E-state index in [0.29, 0.717) is 6.04 Å². The molecule has 1 aliphatic heterocycles. The number of β-amino-alcohol motifs (C(OH)–C–C–N with tert-alkyl or cyclic N) is 1. The minimum atomic E-state index is -0.219. The summed E-state index contributed by atoms with van der Waals surface area (Å²) in [7, 11) is 0. The van der Waals surface area contributed by atoms with Crippen molar-refractivity contribution in [2.75, 3.05) is 45.9 Å². The van der Waals surface area contributed by atoms with Crippen LogP contribution in [0.25, 0.3) is 0 Å². The van der Waals surface area contributed by atoms with E-state index < -0.39 is 0 Å². The average Bonchev–Trinajstić information content (AvgIpc) is 2.91. The summed E-state index contributed by atoms with van der Waals surface area (Å²) < 4.78 is 5.33. The second-order valence-corrected chi connectivity index (χ2v) is 5.59. The van der Waals surface area contributed by atoms with E-state index in [1.165, 1.54) is 25.7 Å². The molecule has 1 N–H and O–H groups in total. The van der Waals surface area contributed by atoms with Gasteiger partial charge in [0.15, 0.2) is 0 Å². The number of hydrogen-bond donors (Lipinski definition) is 1. The van der Waals surface area contributed by atoms with Crippen LogP contribution in [0.1, 0.15) is 32.6 Å². The van der Waals surface area contributed by atoms with Crippen LogP contribution in [0, 0.1) is 0 Å². The molecular formula is C14H28N2O2. The third-order valence-electron chi connectivity index (χ3n) is 4.27. The van der Waals surface area contributed by atoms with Crippen molar-refractivity contribution >= 4 is 0 Å². The molecule has 2 rings (SSSR count). The van der Waals surface area contributed by atoms with E-state index in [0.717, 1.165) is 45.9 Å². The Bertz CT molecular complexity index is 226. The molecule has 2 fully saturated rings. The minimum absolute atomic E-state index is 0.219. The Kier molecular flexibility index (Phi) is 5.89. The van der Waals surface area contributed by atoms with E-state index in [1.54, 1.807) is 0 Å². The predicted molar refractivity (Wildman–Crippen MR) is 72.8 cm³/mol. The summed E-state index contributed by atoms with van der Waals surface area (Å²) in [6, 6.07) is 0.717. The van der Waals surface area contributed by atoms with E-state index in [1.807, 2.05) is 0 Å². The lowest BCUT2D eigenvalue weighted by Gasteiger charge is -2.33. The van der Waals surface area contributed by atoms with Crippen LogP contribution >= 0.6 is 0 Å². The zero-order valence-electron chi connectivity index (χ0n) is 11.7. The summed E-state index contributed by atoms with van der Waals surface area (Å²) in [4.78, 5) is 4.79. The van der Waals surface area contributed by atoms with E-state index in [4.69, 9.17) is 4.74 Å². The Morgan fingerprint density at radius 3 is 2.56 bits per heavy atom. The lowest BCUT2D eigenvalue weighted by Crippen LogP contribution is -2.46. The molecule has 0 bridgehead atoms. The molecule has 0 amide bonds. The minimum Gasteiger partial charge on any atom is -0.390 e. The van der Waals surface area contributed by atoms with Crippen LogP contribution in [-0.4, -0.2) is 73.0 Å². The normalized spacial score (nSPS) is 24.8. The van der Waals surface area contributed by atoms with E-state index in [2.05, 4.69) is 16.7 Å². The lowest BCUT2D eigenvalue weighted by molar-refractivity contribution is 0.00378. The molecular weight excluding hydrogens is 228 g/mol. The molecule has 1 unspecified atom stereocenters. The molecule has 1 heterocycles. The summed E-state index contributed by atoms with van der Waals surface area (Å²) in [5, 5.41) is 10.2. The summed E-state index contributed by atoms with van der Waals surface area (Å²) in [5.74, 6) is 0. The van der Waals surface area contributed by atoms with Crippen LogP contribution in [0.15, 0.2) is 0 Å². The molecule has 106 valence electrons. The SMILES string of the molecule is CCN(CC(O)CN1CCOCC1)C1CCCC1. The first-order valence-electron chi connectivity index (χ1n) is 7.51. The standard InChI is InChI=1S/C14H28N2O2/c1-2-16(13-5-3-4-6-13)12-14(17)11-15-7-9-18-10-8-15/h13-14,17H,2-12H2,1H3. The Morgan fingerprint density at radius 2 is 1.94 bits per heavy atom. The maximum absolute atomic E-state index is 10.2. The Hall–Kier alpha value is -0.160. The topological polar surface area (TPSA) is 35.9 Å². The van der Waals surface area contributed by atoms with Crippen molar-refractivity contribution < 1.29 is 9.84 Å². The van der Waals surface area contributed by atoms with E-state index >= 15 is 0 Å². The van der Waals surface area contributed by atoms with Gasteiger partial charge < -0.3 is 9.84 Å². The maximum atomic E-state index is 10.2. The number of ether oxygens (including phenoxy) is 1. The van der Waals surface area contributed by atoms with Gasteiger partial charge in [0, 0.05) is 32.2 Å². The fraction of sp³-hybridized carbons (Fsp3) is 1.00. The monoisotopic (exact) mass is 256 g/mol. The number of rotatable bonds is 6. The third kappa shape index (κ3) is 4.19. The fourth-order valence-electron chi connectivity index (χ4n) is 3.22. The van der Waals surface area contributed by atoms with Crippen molar-refractivity contribution in [3.63, 3.8) is 0 Å². The van der Waals surface area contributed by atoms with Crippen molar-refractivity contribution in [2.24, 2.45) is 0 Å². The van der Waals surface area contributed by atoms with Crippen molar-refractivity contribution in [1.29, 1.82) is 0 Å². The molecule has 0 aromatic carbocycles. The van der Waals surface area contributed by atoms with Gasteiger partial charge in [-0.1, -0.05) is 19.8 Å². The molecule has 4 nitrogen and oxygen atoms in total.